The first-order chi connectivity index (χ1) is 8.90. The highest BCUT2D eigenvalue weighted by molar-refractivity contribution is 5.57. The van der Waals surface area contributed by atoms with Gasteiger partial charge in [0.25, 0.3) is 0 Å². The van der Waals surface area contributed by atoms with Gasteiger partial charge in [-0.1, -0.05) is 45.9 Å². The van der Waals surface area contributed by atoms with Crippen LogP contribution in [0.15, 0.2) is 24.3 Å². The number of fused-ring (bicyclic) bond motifs is 1. The molecule has 2 heteroatoms. The topological polar surface area (TPSA) is 32.3 Å². The summed E-state index contributed by atoms with van der Waals surface area (Å²) in [4.78, 5) is 0. The molecular weight excluding hydrogens is 234 g/mol. The van der Waals surface area contributed by atoms with Gasteiger partial charge in [-0.05, 0) is 42.7 Å². The first kappa shape index (κ1) is 14.4. The molecule has 0 spiro atoms. The zero-order chi connectivity index (χ0) is 14.0. The molecule has 0 radical (unpaired) electrons. The molecule has 106 valence electrons. The van der Waals surface area contributed by atoms with Crippen molar-refractivity contribution in [1.82, 2.24) is 0 Å². The Bertz CT molecular complexity index is 390. The van der Waals surface area contributed by atoms with Crippen LogP contribution in [0.2, 0.25) is 0 Å². The van der Waals surface area contributed by atoms with Crippen molar-refractivity contribution in [3.63, 3.8) is 0 Å². The Morgan fingerprint density at radius 2 is 1.74 bits per heavy atom. The van der Waals surface area contributed by atoms with Crippen molar-refractivity contribution in [3.8, 4) is 0 Å². The summed E-state index contributed by atoms with van der Waals surface area (Å²) in [7, 11) is 0. The van der Waals surface area contributed by atoms with Crippen molar-refractivity contribution in [1.29, 1.82) is 0 Å². The molecule has 2 nitrogen and oxygen atoms in total. The summed E-state index contributed by atoms with van der Waals surface area (Å²) in [5, 5.41) is 14.7. The first-order valence-corrected chi connectivity index (χ1v) is 7.47. The zero-order valence-corrected chi connectivity index (χ0v) is 12.6. The van der Waals surface area contributed by atoms with E-state index in [4.69, 9.17) is 0 Å². The van der Waals surface area contributed by atoms with E-state index < -0.39 is 5.60 Å². The monoisotopic (exact) mass is 261 g/mol. The molecule has 1 unspecified atom stereocenters. The van der Waals surface area contributed by atoms with Crippen LogP contribution in [0.3, 0.4) is 0 Å². The van der Waals surface area contributed by atoms with Crippen molar-refractivity contribution < 1.29 is 5.11 Å². The molecule has 1 aromatic carbocycles. The van der Waals surface area contributed by atoms with Crippen LogP contribution in [-0.4, -0.2) is 16.7 Å². The zero-order valence-electron chi connectivity index (χ0n) is 12.6. The van der Waals surface area contributed by atoms with E-state index in [0.717, 1.165) is 19.3 Å². The molecule has 0 aliphatic carbocycles. The summed E-state index contributed by atoms with van der Waals surface area (Å²) >= 11 is 0. The lowest BCUT2D eigenvalue weighted by Gasteiger charge is -2.37. The molecular formula is C17H27NO. The quantitative estimate of drug-likeness (QED) is 0.844. The van der Waals surface area contributed by atoms with E-state index in [1.165, 1.54) is 11.3 Å². The molecule has 0 fully saturated rings. The SMILES string of the molecule is CC(C)CC(O)(CC(C)C)C1Cc2ccccc2N1. The fourth-order valence-electron chi connectivity index (χ4n) is 3.40. The van der Waals surface area contributed by atoms with E-state index in [-0.39, 0.29) is 6.04 Å². The van der Waals surface area contributed by atoms with Crippen LogP contribution in [0.4, 0.5) is 5.69 Å². The fourth-order valence-corrected chi connectivity index (χ4v) is 3.40. The van der Waals surface area contributed by atoms with E-state index in [1.54, 1.807) is 0 Å². The maximum Gasteiger partial charge on any atom is 0.0855 e. The molecule has 0 saturated carbocycles. The number of aliphatic hydroxyl groups is 1. The van der Waals surface area contributed by atoms with Crippen LogP contribution in [0, 0.1) is 11.8 Å². The number of benzene rings is 1. The lowest BCUT2D eigenvalue weighted by atomic mass is 9.78. The van der Waals surface area contributed by atoms with Crippen LogP contribution in [0.25, 0.3) is 0 Å². The van der Waals surface area contributed by atoms with E-state index in [2.05, 4.69) is 57.3 Å². The molecule has 1 aliphatic heterocycles. The molecule has 2 N–H and O–H groups in total. The summed E-state index contributed by atoms with van der Waals surface area (Å²) in [6.45, 7) is 8.75. The van der Waals surface area contributed by atoms with Gasteiger partial charge in [0.05, 0.1) is 11.6 Å². The molecule has 0 saturated heterocycles. The van der Waals surface area contributed by atoms with Crippen molar-refractivity contribution >= 4 is 5.69 Å². The number of para-hydroxylation sites is 1. The van der Waals surface area contributed by atoms with Crippen LogP contribution < -0.4 is 5.32 Å². The van der Waals surface area contributed by atoms with Crippen LogP contribution in [0.1, 0.15) is 46.1 Å². The Hall–Kier alpha value is -1.02. The van der Waals surface area contributed by atoms with Crippen molar-refractivity contribution in [3.05, 3.63) is 29.8 Å². The Labute approximate surface area is 117 Å². The number of rotatable bonds is 5. The molecule has 1 aromatic rings. The van der Waals surface area contributed by atoms with Gasteiger partial charge in [-0.3, -0.25) is 0 Å². The third-order valence-corrected chi connectivity index (χ3v) is 3.94. The predicted molar refractivity (Wildman–Crippen MR) is 81.4 cm³/mol. The lowest BCUT2D eigenvalue weighted by molar-refractivity contribution is -0.0151. The van der Waals surface area contributed by atoms with Gasteiger partial charge >= 0.3 is 0 Å². The van der Waals surface area contributed by atoms with Crippen molar-refractivity contribution in [2.24, 2.45) is 11.8 Å². The maximum atomic E-state index is 11.2. The number of anilines is 1. The van der Waals surface area contributed by atoms with E-state index in [0.29, 0.717) is 11.8 Å². The second-order valence-electron chi connectivity index (χ2n) is 6.86. The standard InChI is InChI=1S/C17H27NO/c1-12(2)10-17(19,11-13(3)4)16-9-14-7-5-6-8-15(14)18-16/h5-8,12-13,16,18-19H,9-11H2,1-4H3. The highest BCUT2D eigenvalue weighted by Gasteiger charge is 2.40. The molecule has 1 aliphatic rings. The first-order valence-electron chi connectivity index (χ1n) is 7.47. The second kappa shape index (κ2) is 5.54. The third kappa shape index (κ3) is 3.30. The average molecular weight is 261 g/mol. The van der Waals surface area contributed by atoms with Crippen LogP contribution in [0.5, 0.6) is 0 Å². The Kier molecular flexibility index (Phi) is 4.19. The normalized spacial score (nSPS) is 18.8. The van der Waals surface area contributed by atoms with Gasteiger partial charge in [-0.2, -0.15) is 0 Å². The van der Waals surface area contributed by atoms with Gasteiger partial charge in [0, 0.05) is 5.69 Å². The molecule has 0 bridgehead atoms. The number of hydrogen-bond acceptors (Lipinski definition) is 2. The minimum Gasteiger partial charge on any atom is -0.388 e. The minimum absolute atomic E-state index is 0.148. The van der Waals surface area contributed by atoms with Gasteiger partial charge in [-0.25, -0.2) is 0 Å². The third-order valence-electron chi connectivity index (χ3n) is 3.94. The Morgan fingerprint density at radius 3 is 2.26 bits per heavy atom. The largest absolute Gasteiger partial charge is 0.388 e. The Balaban J connectivity index is 2.17. The van der Waals surface area contributed by atoms with Gasteiger partial charge in [-0.15, -0.1) is 0 Å². The summed E-state index contributed by atoms with van der Waals surface area (Å²) in [5.41, 5.74) is 1.92. The smallest absolute Gasteiger partial charge is 0.0855 e. The van der Waals surface area contributed by atoms with Crippen LogP contribution >= 0.6 is 0 Å². The second-order valence-corrected chi connectivity index (χ2v) is 6.86. The van der Waals surface area contributed by atoms with E-state index in [9.17, 15) is 5.11 Å². The van der Waals surface area contributed by atoms with Crippen molar-refractivity contribution in [2.75, 3.05) is 5.32 Å². The number of hydrogen-bond donors (Lipinski definition) is 2. The summed E-state index contributed by atoms with van der Waals surface area (Å²) < 4.78 is 0. The van der Waals surface area contributed by atoms with Gasteiger partial charge in [0.1, 0.15) is 0 Å². The molecule has 0 amide bonds. The summed E-state index contributed by atoms with van der Waals surface area (Å²) in [6, 6.07) is 8.55. The molecule has 19 heavy (non-hydrogen) atoms. The van der Waals surface area contributed by atoms with Crippen molar-refractivity contribution in [2.45, 2.75) is 58.6 Å². The molecule has 0 aromatic heterocycles. The fraction of sp³-hybridized carbons (Fsp3) is 0.647. The average Bonchev–Trinajstić information content (AvgIpc) is 2.70. The highest BCUT2D eigenvalue weighted by Crippen LogP contribution is 2.36. The minimum atomic E-state index is -0.610. The number of nitrogens with one attached hydrogen (secondary N) is 1. The van der Waals surface area contributed by atoms with Gasteiger partial charge in [0.15, 0.2) is 0 Å². The predicted octanol–water partition coefficient (Wildman–Crippen LogP) is 3.85. The van der Waals surface area contributed by atoms with Gasteiger partial charge < -0.3 is 10.4 Å². The maximum absolute atomic E-state index is 11.2. The van der Waals surface area contributed by atoms with Crippen LogP contribution in [-0.2, 0) is 6.42 Å². The van der Waals surface area contributed by atoms with E-state index >= 15 is 0 Å². The highest BCUT2D eigenvalue weighted by atomic mass is 16.3. The lowest BCUT2D eigenvalue weighted by Crippen LogP contribution is -2.48. The summed E-state index contributed by atoms with van der Waals surface area (Å²) in [6.07, 6.45) is 2.65. The molecule has 1 atom stereocenters. The summed E-state index contributed by atoms with van der Waals surface area (Å²) in [5.74, 6) is 1.02. The van der Waals surface area contributed by atoms with E-state index in [1.807, 2.05) is 0 Å². The Morgan fingerprint density at radius 1 is 1.16 bits per heavy atom. The van der Waals surface area contributed by atoms with Gasteiger partial charge in [0.2, 0.25) is 0 Å². The molecule has 2 rings (SSSR count). The molecule has 1 heterocycles.